The van der Waals surface area contributed by atoms with Crippen molar-refractivity contribution in [3.05, 3.63) is 0 Å². The molecule has 3 saturated carbocycles. The standard InChI is InChI=1S/C23H42O2/c1-22(2,3)14-16-8-6-11-19(12-16)25-15-20-21(23(20,4)5)17-9-7-10-18(24)13-17/h16-21,24H,6-15H2,1-5H3/t16-,17-,18+,19-,20?,21?/m0/s1. The zero-order valence-corrected chi connectivity index (χ0v) is 17.4. The van der Waals surface area contributed by atoms with Crippen LogP contribution < -0.4 is 0 Å². The molecule has 146 valence electrons. The lowest BCUT2D eigenvalue weighted by atomic mass is 9.77. The van der Waals surface area contributed by atoms with Crippen molar-refractivity contribution in [1.29, 1.82) is 0 Å². The summed E-state index contributed by atoms with van der Waals surface area (Å²) in [5, 5.41) is 10.0. The van der Waals surface area contributed by atoms with E-state index in [1.807, 2.05) is 0 Å². The fraction of sp³-hybridized carbons (Fsp3) is 1.00. The number of aliphatic hydroxyl groups is 1. The van der Waals surface area contributed by atoms with Crippen LogP contribution in [0.4, 0.5) is 0 Å². The van der Waals surface area contributed by atoms with E-state index in [1.54, 1.807) is 0 Å². The lowest BCUT2D eigenvalue weighted by molar-refractivity contribution is -0.00407. The van der Waals surface area contributed by atoms with E-state index in [-0.39, 0.29) is 6.10 Å². The van der Waals surface area contributed by atoms with Crippen LogP contribution in [0.15, 0.2) is 0 Å². The van der Waals surface area contributed by atoms with Crippen LogP contribution in [0.5, 0.6) is 0 Å². The van der Waals surface area contributed by atoms with Gasteiger partial charge in [0.1, 0.15) is 0 Å². The van der Waals surface area contributed by atoms with Gasteiger partial charge >= 0.3 is 0 Å². The smallest absolute Gasteiger partial charge is 0.0578 e. The van der Waals surface area contributed by atoms with Gasteiger partial charge in [0.15, 0.2) is 0 Å². The third-order valence-corrected chi connectivity index (χ3v) is 7.48. The Morgan fingerprint density at radius 3 is 2.40 bits per heavy atom. The van der Waals surface area contributed by atoms with E-state index in [0.29, 0.717) is 22.9 Å². The minimum atomic E-state index is -0.0479. The van der Waals surface area contributed by atoms with Crippen molar-refractivity contribution < 1.29 is 9.84 Å². The van der Waals surface area contributed by atoms with Gasteiger partial charge in [-0.15, -0.1) is 0 Å². The van der Waals surface area contributed by atoms with Gasteiger partial charge in [-0.1, -0.05) is 53.9 Å². The normalized spacial score (nSPS) is 41.5. The number of hydrogen-bond donors (Lipinski definition) is 1. The number of ether oxygens (including phenoxy) is 1. The summed E-state index contributed by atoms with van der Waals surface area (Å²) in [7, 11) is 0. The van der Waals surface area contributed by atoms with Gasteiger partial charge in [-0.2, -0.15) is 0 Å². The summed E-state index contributed by atoms with van der Waals surface area (Å²) in [5.74, 6) is 3.07. The first-order valence-electron chi connectivity index (χ1n) is 11.0. The van der Waals surface area contributed by atoms with Gasteiger partial charge < -0.3 is 9.84 Å². The van der Waals surface area contributed by atoms with Crippen LogP contribution in [-0.4, -0.2) is 23.9 Å². The molecule has 3 fully saturated rings. The van der Waals surface area contributed by atoms with Crippen molar-refractivity contribution in [3.8, 4) is 0 Å². The highest BCUT2D eigenvalue weighted by atomic mass is 16.5. The maximum absolute atomic E-state index is 10.0. The Balaban J connectivity index is 1.46. The molecule has 0 aromatic heterocycles. The molecule has 2 unspecified atom stereocenters. The van der Waals surface area contributed by atoms with E-state index in [4.69, 9.17) is 4.74 Å². The van der Waals surface area contributed by atoms with Crippen molar-refractivity contribution in [2.75, 3.05) is 6.61 Å². The van der Waals surface area contributed by atoms with E-state index in [2.05, 4.69) is 34.6 Å². The molecule has 3 rings (SSSR count). The van der Waals surface area contributed by atoms with Crippen molar-refractivity contribution in [3.63, 3.8) is 0 Å². The van der Waals surface area contributed by atoms with Crippen molar-refractivity contribution in [2.45, 2.75) is 105 Å². The maximum Gasteiger partial charge on any atom is 0.0578 e. The number of rotatable bonds is 5. The number of hydrogen-bond acceptors (Lipinski definition) is 2. The van der Waals surface area contributed by atoms with Crippen LogP contribution in [0.3, 0.4) is 0 Å². The molecule has 0 aromatic rings. The molecule has 0 amide bonds. The van der Waals surface area contributed by atoms with Gasteiger partial charge in [0.2, 0.25) is 0 Å². The van der Waals surface area contributed by atoms with E-state index >= 15 is 0 Å². The molecule has 25 heavy (non-hydrogen) atoms. The molecule has 0 aromatic carbocycles. The predicted molar refractivity (Wildman–Crippen MR) is 104 cm³/mol. The van der Waals surface area contributed by atoms with Gasteiger partial charge in [-0.25, -0.2) is 0 Å². The summed E-state index contributed by atoms with van der Waals surface area (Å²) >= 11 is 0. The van der Waals surface area contributed by atoms with Gasteiger partial charge in [-0.05, 0) is 73.0 Å². The Hall–Kier alpha value is -0.0800. The molecule has 2 nitrogen and oxygen atoms in total. The summed E-state index contributed by atoms with van der Waals surface area (Å²) in [6, 6.07) is 0. The van der Waals surface area contributed by atoms with Crippen LogP contribution in [0, 0.1) is 34.5 Å². The summed E-state index contributed by atoms with van der Waals surface area (Å²) < 4.78 is 6.47. The zero-order valence-electron chi connectivity index (χ0n) is 17.4. The van der Waals surface area contributed by atoms with Crippen LogP contribution in [0.2, 0.25) is 0 Å². The summed E-state index contributed by atoms with van der Waals surface area (Å²) in [6.45, 7) is 12.9. The van der Waals surface area contributed by atoms with Crippen LogP contribution in [-0.2, 0) is 4.74 Å². The molecule has 0 bridgehead atoms. The van der Waals surface area contributed by atoms with Gasteiger partial charge in [0.25, 0.3) is 0 Å². The highest BCUT2D eigenvalue weighted by molar-refractivity contribution is 5.08. The zero-order chi connectivity index (χ0) is 18.2. The summed E-state index contributed by atoms with van der Waals surface area (Å²) in [5.41, 5.74) is 0.860. The highest BCUT2D eigenvalue weighted by Gasteiger charge is 2.60. The summed E-state index contributed by atoms with van der Waals surface area (Å²) in [4.78, 5) is 0. The molecule has 0 spiro atoms. The first-order chi connectivity index (χ1) is 11.7. The Morgan fingerprint density at radius 2 is 1.72 bits per heavy atom. The van der Waals surface area contributed by atoms with Gasteiger partial charge in [-0.3, -0.25) is 0 Å². The molecule has 3 aliphatic carbocycles. The molecule has 3 aliphatic rings. The SMILES string of the molecule is CC(C)(C)C[C@H]1CCC[C@H](OCC2C([C@H]3CCC[C@@H](O)C3)C2(C)C)C1. The molecule has 1 N–H and O–H groups in total. The largest absolute Gasteiger partial charge is 0.393 e. The quantitative estimate of drug-likeness (QED) is 0.677. The lowest BCUT2D eigenvalue weighted by Gasteiger charge is -2.33. The lowest BCUT2D eigenvalue weighted by Crippen LogP contribution is -2.27. The average Bonchev–Trinajstić information content (AvgIpc) is 3.05. The van der Waals surface area contributed by atoms with Gasteiger partial charge in [0.05, 0.1) is 18.8 Å². The molecule has 2 heteroatoms. The van der Waals surface area contributed by atoms with Crippen molar-refractivity contribution in [1.82, 2.24) is 0 Å². The maximum atomic E-state index is 10.0. The minimum Gasteiger partial charge on any atom is -0.393 e. The molecular formula is C23H42O2. The van der Waals surface area contributed by atoms with Crippen LogP contribution >= 0.6 is 0 Å². The molecule has 0 radical (unpaired) electrons. The topological polar surface area (TPSA) is 29.5 Å². The second-order valence-corrected chi connectivity index (χ2v) is 11.3. The third kappa shape index (κ3) is 5.01. The summed E-state index contributed by atoms with van der Waals surface area (Å²) in [6.07, 6.45) is 11.6. The highest BCUT2D eigenvalue weighted by Crippen LogP contribution is 2.64. The van der Waals surface area contributed by atoms with E-state index in [0.717, 1.165) is 37.2 Å². The Labute approximate surface area is 156 Å². The Bertz CT molecular complexity index is 436. The molecule has 0 saturated heterocycles. The third-order valence-electron chi connectivity index (χ3n) is 7.48. The Kier molecular flexibility index (Phi) is 5.91. The van der Waals surface area contributed by atoms with E-state index in [9.17, 15) is 5.11 Å². The fourth-order valence-electron chi connectivity index (χ4n) is 6.25. The van der Waals surface area contributed by atoms with Crippen LogP contribution in [0.25, 0.3) is 0 Å². The second-order valence-electron chi connectivity index (χ2n) is 11.3. The second kappa shape index (κ2) is 7.50. The molecule has 6 atom stereocenters. The number of aliphatic hydroxyl groups excluding tert-OH is 1. The molecule has 0 aliphatic heterocycles. The predicted octanol–water partition coefficient (Wildman–Crippen LogP) is 5.82. The van der Waals surface area contributed by atoms with Crippen molar-refractivity contribution >= 4 is 0 Å². The van der Waals surface area contributed by atoms with E-state index < -0.39 is 0 Å². The minimum absolute atomic E-state index is 0.0479. The molecule has 0 heterocycles. The molecular weight excluding hydrogens is 308 g/mol. The fourth-order valence-corrected chi connectivity index (χ4v) is 6.25. The monoisotopic (exact) mass is 350 g/mol. The average molecular weight is 351 g/mol. The first-order valence-corrected chi connectivity index (χ1v) is 11.0. The van der Waals surface area contributed by atoms with E-state index in [1.165, 1.54) is 44.9 Å². The first kappa shape index (κ1) is 19.7. The van der Waals surface area contributed by atoms with Crippen molar-refractivity contribution in [2.24, 2.45) is 34.5 Å². The van der Waals surface area contributed by atoms with Gasteiger partial charge in [0, 0.05) is 0 Å². The van der Waals surface area contributed by atoms with Crippen LogP contribution in [0.1, 0.15) is 92.4 Å². The Morgan fingerprint density at radius 1 is 1.00 bits per heavy atom.